The van der Waals surface area contributed by atoms with Crippen molar-refractivity contribution >= 4 is 72.9 Å². The average Bonchev–Trinajstić information content (AvgIpc) is 2.96. The number of hydrogen-bond acceptors (Lipinski definition) is 9. The number of amides is 1. The van der Waals surface area contributed by atoms with Crippen molar-refractivity contribution in [3.63, 3.8) is 0 Å². The number of nitrogens with zero attached hydrogens (tertiary/aromatic N) is 2. The fraction of sp³-hybridized carbons (Fsp3) is 0.207. The Bertz CT molecular complexity index is 1790. The molecule has 0 unspecified atom stereocenters. The maximum Gasteiger partial charge on any atom is 0.247 e. The fourth-order valence-corrected chi connectivity index (χ4v) is 5.42. The van der Waals surface area contributed by atoms with Gasteiger partial charge in [-0.25, -0.2) is 23.1 Å². The quantitative estimate of drug-likeness (QED) is 0.112. The standard InChI is InChI=1S/C29H30Cl2N6O5S/c1-6-24(38)35-19-9-7-8-16(2)28(19)37-23-13-18-17(15-33-23)12-20(36-29(18)32-10-11-34-43(5,39)40)25-26(30)21(41-3)14-22(42-4)27(25)31/h6-9,12-15,34H,1,10-11H2,2-5H3,(H,32,36)(H,33,37)(H,35,38). The molecule has 0 aliphatic carbocycles. The minimum Gasteiger partial charge on any atom is -0.495 e. The highest BCUT2D eigenvalue weighted by Crippen LogP contribution is 2.46. The molecule has 0 fully saturated rings. The van der Waals surface area contributed by atoms with Crippen LogP contribution in [0.4, 0.5) is 23.0 Å². The van der Waals surface area contributed by atoms with Gasteiger partial charge in [-0.05, 0) is 36.8 Å². The molecule has 2 aromatic heterocycles. The summed E-state index contributed by atoms with van der Waals surface area (Å²) in [4.78, 5) is 21.4. The number of carbonyl (C=O) groups is 1. The number of nitrogens with one attached hydrogen (secondary N) is 4. The third kappa shape index (κ3) is 7.46. The second-order valence-electron chi connectivity index (χ2n) is 9.34. The summed E-state index contributed by atoms with van der Waals surface area (Å²) in [6.45, 7) is 5.76. The van der Waals surface area contributed by atoms with E-state index in [-0.39, 0.29) is 29.0 Å². The lowest BCUT2D eigenvalue weighted by Crippen LogP contribution is -2.27. The Balaban J connectivity index is 1.83. The third-order valence-corrected chi connectivity index (χ3v) is 7.77. The van der Waals surface area contributed by atoms with Crippen molar-refractivity contribution in [2.24, 2.45) is 0 Å². The Hall–Kier alpha value is -4.10. The normalized spacial score (nSPS) is 11.2. The highest BCUT2D eigenvalue weighted by atomic mass is 35.5. The number of aryl methyl sites for hydroxylation is 1. The average molecular weight is 646 g/mol. The monoisotopic (exact) mass is 644 g/mol. The number of fused-ring (bicyclic) bond motifs is 1. The summed E-state index contributed by atoms with van der Waals surface area (Å²) < 4.78 is 36.5. The SMILES string of the molecule is C=CC(=O)Nc1cccc(C)c1Nc1cc2c(NCCNS(C)(=O)=O)nc(-c3c(Cl)c(OC)cc(OC)c3Cl)cc2cn1. The van der Waals surface area contributed by atoms with Gasteiger partial charge in [0.15, 0.2) is 0 Å². The van der Waals surface area contributed by atoms with Gasteiger partial charge in [0.2, 0.25) is 15.9 Å². The highest BCUT2D eigenvalue weighted by molar-refractivity contribution is 7.88. The molecule has 14 heteroatoms. The van der Waals surface area contributed by atoms with E-state index in [1.54, 1.807) is 30.5 Å². The fourth-order valence-electron chi connectivity index (χ4n) is 4.25. The van der Waals surface area contributed by atoms with Crippen LogP contribution in [0.2, 0.25) is 10.0 Å². The topological polar surface area (TPSA) is 144 Å². The minimum atomic E-state index is -3.39. The van der Waals surface area contributed by atoms with Crippen molar-refractivity contribution in [1.82, 2.24) is 14.7 Å². The smallest absolute Gasteiger partial charge is 0.247 e. The molecule has 4 rings (SSSR count). The lowest BCUT2D eigenvalue weighted by Gasteiger charge is -2.18. The summed E-state index contributed by atoms with van der Waals surface area (Å²) in [5.41, 5.74) is 2.89. The number of halogens is 2. The number of para-hydroxylation sites is 1. The van der Waals surface area contributed by atoms with E-state index in [9.17, 15) is 13.2 Å². The van der Waals surface area contributed by atoms with Crippen molar-refractivity contribution in [2.75, 3.05) is 49.5 Å². The zero-order valence-electron chi connectivity index (χ0n) is 23.8. The zero-order valence-corrected chi connectivity index (χ0v) is 26.2. The van der Waals surface area contributed by atoms with E-state index in [0.717, 1.165) is 11.8 Å². The molecule has 4 aromatic rings. The molecule has 4 N–H and O–H groups in total. The Labute approximate surface area is 259 Å². The van der Waals surface area contributed by atoms with Crippen LogP contribution in [0.25, 0.3) is 22.0 Å². The molecule has 0 aliphatic heterocycles. The second-order valence-corrected chi connectivity index (χ2v) is 11.9. The molecular formula is C29H30Cl2N6O5S. The molecule has 2 aromatic carbocycles. The van der Waals surface area contributed by atoms with Gasteiger partial charge in [0.25, 0.3) is 0 Å². The third-order valence-electron chi connectivity index (χ3n) is 6.29. The van der Waals surface area contributed by atoms with E-state index in [1.165, 1.54) is 20.3 Å². The van der Waals surface area contributed by atoms with E-state index in [0.29, 0.717) is 56.5 Å². The van der Waals surface area contributed by atoms with Crippen molar-refractivity contribution < 1.29 is 22.7 Å². The summed E-state index contributed by atoms with van der Waals surface area (Å²) in [7, 11) is -0.426. The summed E-state index contributed by atoms with van der Waals surface area (Å²) in [6, 6.07) is 10.7. The first-order valence-electron chi connectivity index (χ1n) is 12.9. The number of hydrogen-bond donors (Lipinski definition) is 4. The van der Waals surface area contributed by atoms with Crippen molar-refractivity contribution in [1.29, 1.82) is 0 Å². The number of ether oxygens (including phenoxy) is 2. The molecule has 0 aliphatic rings. The number of pyridine rings is 2. The van der Waals surface area contributed by atoms with Crippen LogP contribution < -0.4 is 30.1 Å². The molecule has 0 spiro atoms. The van der Waals surface area contributed by atoms with Crippen molar-refractivity contribution in [3.05, 3.63) is 70.9 Å². The predicted octanol–water partition coefficient (Wildman–Crippen LogP) is 5.76. The maximum absolute atomic E-state index is 12.0. The number of anilines is 4. The molecule has 1 amide bonds. The second kappa shape index (κ2) is 13.5. The Kier molecular flexibility index (Phi) is 9.97. The molecule has 11 nitrogen and oxygen atoms in total. The van der Waals surface area contributed by atoms with Crippen molar-refractivity contribution in [3.8, 4) is 22.8 Å². The van der Waals surface area contributed by atoms with Crippen LogP contribution in [0, 0.1) is 6.92 Å². The Morgan fingerprint density at radius 3 is 2.40 bits per heavy atom. The van der Waals surface area contributed by atoms with Gasteiger partial charge in [-0.3, -0.25) is 4.79 Å². The van der Waals surface area contributed by atoms with Crippen LogP contribution in [-0.4, -0.2) is 57.9 Å². The summed E-state index contributed by atoms with van der Waals surface area (Å²) in [5, 5.41) is 11.1. The number of rotatable bonds is 12. The van der Waals surface area contributed by atoms with Crippen LogP contribution in [0.1, 0.15) is 5.56 Å². The van der Waals surface area contributed by atoms with Crippen LogP contribution in [-0.2, 0) is 14.8 Å². The lowest BCUT2D eigenvalue weighted by atomic mass is 10.1. The predicted molar refractivity (Wildman–Crippen MR) is 173 cm³/mol. The van der Waals surface area contributed by atoms with Gasteiger partial charge < -0.3 is 25.4 Å². The van der Waals surface area contributed by atoms with Gasteiger partial charge >= 0.3 is 0 Å². The van der Waals surface area contributed by atoms with E-state index in [1.807, 2.05) is 19.1 Å². The summed E-state index contributed by atoms with van der Waals surface area (Å²) in [6.07, 6.45) is 3.93. The number of methoxy groups -OCH3 is 2. The van der Waals surface area contributed by atoms with Crippen LogP contribution in [0.3, 0.4) is 0 Å². The van der Waals surface area contributed by atoms with Gasteiger partial charge in [-0.15, -0.1) is 0 Å². The highest BCUT2D eigenvalue weighted by Gasteiger charge is 2.21. The summed E-state index contributed by atoms with van der Waals surface area (Å²) in [5.74, 6) is 1.25. The molecule has 43 heavy (non-hydrogen) atoms. The summed E-state index contributed by atoms with van der Waals surface area (Å²) >= 11 is 13.4. The van der Waals surface area contributed by atoms with Gasteiger partial charge in [0.1, 0.15) is 23.1 Å². The molecule has 0 bridgehead atoms. The zero-order chi connectivity index (χ0) is 31.3. The molecule has 0 saturated heterocycles. The molecule has 0 radical (unpaired) electrons. The van der Waals surface area contributed by atoms with Crippen LogP contribution in [0.5, 0.6) is 11.5 Å². The largest absolute Gasteiger partial charge is 0.495 e. The lowest BCUT2D eigenvalue weighted by molar-refractivity contribution is -0.111. The Morgan fingerprint density at radius 2 is 1.77 bits per heavy atom. The molecular weight excluding hydrogens is 615 g/mol. The maximum atomic E-state index is 12.0. The van der Waals surface area contributed by atoms with Gasteiger partial charge in [-0.1, -0.05) is 41.9 Å². The minimum absolute atomic E-state index is 0.118. The van der Waals surface area contributed by atoms with Gasteiger partial charge in [0.05, 0.1) is 47.6 Å². The van der Waals surface area contributed by atoms with E-state index in [2.05, 4.69) is 32.2 Å². The first kappa shape index (κ1) is 31.8. The van der Waals surface area contributed by atoms with E-state index in [4.69, 9.17) is 37.7 Å². The van der Waals surface area contributed by atoms with Gasteiger partial charge in [-0.2, -0.15) is 0 Å². The number of sulfonamides is 1. The van der Waals surface area contributed by atoms with Crippen LogP contribution in [0.15, 0.2) is 55.3 Å². The van der Waals surface area contributed by atoms with E-state index >= 15 is 0 Å². The van der Waals surface area contributed by atoms with E-state index < -0.39 is 10.0 Å². The van der Waals surface area contributed by atoms with Crippen LogP contribution >= 0.6 is 23.2 Å². The molecule has 2 heterocycles. The molecule has 226 valence electrons. The Morgan fingerprint density at radius 1 is 1.07 bits per heavy atom. The molecule has 0 atom stereocenters. The van der Waals surface area contributed by atoms with Gasteiger partial charge in [0, 0.05) is 41.7 Å². The molecule has 0 saturated carbocycles. The van der Waals surface area contributed by atoms with Crippen molar-refractivity contribution in [2.45, 2.75) is 6.92 Å². The number of aromatic nitrogens is 2. The first-order valence-corrected chi connectivity index (χ1v) is 15.5. The number of benzene rings is 2. The first-order chi connectivity index (χ1) is 20.4. The number of carbonyl (C=O) groups excluding carboxylic acids is 1.